The van der Waals surface area contributed by atoms with Gasteiger partial charge in [0.2, 0.25) is 0 Å². The van der Waals surface area contributed by atoms with Crippen molar-refractivity contribution >= 4 is 11.0 Å². The Morgan fingerprint density at radius 1 is 1.14 bits per heavy atom. The SMILES string of the molecule is C=CCCNC(C)(C)CCCCCC.c1cnc2c(c1)CCCC2NCc1nc2ccccc2[nH]1. The number of aromatic amines is 1. The predicted molar refractivity (Wildman–Crippen MR) is 149 cm³/mol. The van der Waals surface area contributed by atoms with Gasteiger partial charge in [-0.1, -0.05) is 56.9 Å². The zero-order chi connectivity index (χ0) is 24.9. The van der Waals surface area contributed by atoms with Gasteiger partial charge in [-0.3, -0.25) is 4.98 Å². The van der Waals surface area contributed by atoms with E-state index in [2.05, 4.69) is 65.1 Å². The van der Waals surface area contributed by atoms with Crippen molar-refractivity contribution in [3.05, 3.63) is 72.3 Å². The molecule has 190 valence electrons. The van der Waals surface area contributed by atoms with Crippen LogP contribution in [0.4, 0.5) is 0 Å². The molecule has 1 aliphatic rings. The molecule has 1 aliphatic carbocycles. The van der Waals surface area contributed by atoms with E-state index in [9.17, 15) is 0 Å². The summed E-state index contributed by atoms with van der Waals surface area (Å²) < 4.78 is 0. The molecule has 35 heavy (non-hydrogen) atoms. The smallest absolute Gasteiger partial charge is 0.121 e. The van der Waals surface area contributed by atoms with Crippen molar-refractivity contribution in [2.45, 2.75) is 96.7 Å². The van der Waals surface area contributed by atoms with Crippen LogP contribution in [-0.4, -0.2) is 27.0 Å². The van der Waals surface area contributed by atoms with Gasteiger partial charge in [0.05, 0.1) is 29.3 Å². The Morgan fingerprint density at radius 2 is 2.00 bits per heavy atom. The van der Waals surface area contributed by atoms with Crippen LogP contribution in [0.3, 0.4) is 0 Å². The summed E-state index contributed by atoms with van der Waals surface area (Å²) in [4.78, 5) is 12.5. The zero-order valence-corrected chi connectivity index (χ0v) is 22.1. The van der Waals surface area contributed by atoms with Crippen LogP contribution in [-0.2, 0) is 13.0 Å². The lowest BCUT2D eigenvalue weighted by molar-refractivity contribution is 0.351. The Kier molecular flexibility index (Phi) is 11.0. The standard InChI is InChI=1S/C17H18N4.C13H27N/c1-2-8-14-13(7-1)20-16(21-14)11-19-15-9-3-5-12-6-4-10-18-17(12)15;1-5-7-9-10-11-13(3,4)14-12-8-6-2/h1-2,4,6-8,10,15,19H,3,5,9,11H2,(H,20,21);6,14H,2,5,7-12H2,1,3-4H3. The van der Waals surface area contributed by atoms with Crippen LogP contribution in [0, 0.1) is 0 Å². The van der Waals surface area contributed by atoms with Crippen LogP contribution in [0.5, 0.6) is 0 Å². The molecule has 1 aromatic carbocycles. The summed E-state index contributed by atoms with van der Waals surface area (Å²) in [5.74, 6) is 0.985. The number of hydrogen-bond acceptors (Lipinski definition) is 4. The molecule has 0 spiro atoms. The van der Waals surface area contributed by atoms with E-state index in [1.165, 1.54) is 49.8 Å². The van der Waals surface area contributed by atoms with E-state index in [1.54, 1.807) is 0 Å². The first-order valence-electron chi connectivity index (χ1n) is 13.5. The van der Waals surface area contributed by atoms with Gasteiger partial charge in [0.1, 0.15) is 5.82 Å². The molecule has 0 saturated heterocycles. The molecular formula is C30H45N5. The van der Waals surface area contributed by atoms with Crippen molar-refractivity contribution in [1.82, 2.24) is 25.6 Å². The first kappa shape index (κ1) is 27.1. The average Bonchev–Trinajstić information content (AvgIpc) is 3.29. The number of nitrogens with zero attached hydrogens (tertiary/aromatic N) is 2. The molecule has 0 amide bonds. The number of para-hydroxylation sites is 2. The summed E-state index contributed by atoms with van der Waals surface area (Å²) >= 11 is 0. The van der Waals surface area contributed by atoms with Crippen LogP contribution in [0.2, 0.25) is 0 Å². The highest BCUT2D eigenvalue weighted by Crippen LogP contribution is 2.27. The zero-order valence-electron chi connectivity index (χ0n) is 22.1. The molecule has 0 aliphatic heterocycles. The number of nitrogens with one attached hydrogen (secondary N) is 3. The molecule has 5 nitrogen and oxygen atoms in total. The molecule has 0 radical (unpaired) electrons. The van der Waals surface area contributed by atoms with E-state index in [-0.39, 0.29) is 0 Å². The Labute approximate surface area is 212 Å². The van der Waals surface area contributed by atoms with Gasteiger partial charge in [-0.15, -0.1) is 6.58 Å². The van der Waals surface area contributed by atoms with Gasteiger partial charge in [0.25, 0.3) is 0 Å². The maximum atomic E-state index is 4.61. The number of unbranched alkanes of at least 4 members (excludes halogenated alkanes) is 3. The van der Waals surface area contributed by atoms with Gasteiger partial charge in [-0.05, 0) is 76.3 Å². The minimum absolute atomic E-state index is 0.302. The molecule has 4 rings (SSSR count). The fraction of sp³-hybridized carbons (Fsp3) is 0.533. The van der Waals surface area contributed by atoms with E-state index < -0.39 is 0 Å². The Hall–Kier alpha value is -2.50. The van der Waals surface area contributed by atoms with Crippen molar-refractivity contribution in [2.75, 3.05) is 6.54 Å². The highest BCUT2D eigenvalue weighted by Gasteiger charge is 2.21. The second-order valence-electron chi connectivity index (χ2n) is 10.3. The van der Waals surface area contributed by atoms with E-state index in [1.807, 2.05) is 36.5 Å². The fourth-order valence-corrected chi connectivity index (χ4v) is 4.71. The number of fused-ring (bicyclic) bond motifs is 2. The summed E-state index contributed by atoms with van der Waals surface area (Å²) in [7, 11) is 0. The monoisotopic (exact) mass is 475 g/mol. The molecule has 3 N–H and O–H groups in total. The lowest BCUT2D eigenvalue weighted by Crippen LogP contribution is -2.39. The molecule has 0 bridgehead atoms. The molecule has 1 unspecified atom stereocenters. The first-order valence-corrected chi connectivity index (χ1v) is 13.5. The van der Waals surface area contributed by atoms with Gasteiger partial charge < -0.3 is 15.6 Å². The van der Waals surface area contributed by atoms with Gasteiger partial charge in [0, 0.05) is 11.7 Å². The highest BCUT2D eigenvalue weighted by atomic mass is 15.0. The maximum Gasteiger partial charge on any atom is 0.121 e. The summed E-state index contributed by atoms with van der Waals surface area (Å²) in [6.07, 6.45) is 15.1. The normalized spacial score (nSPS) is 15.3. The molecule has 1 atom stereocenters. The number of aryl methyl sites for hydroxylation is 1. The quantitative estimate of drug-likeness (QED) is 0.194. The average molecular weight is 476 g/mol. The van der Waals surface area contributed by atoms with Crippen molar-refractivity contribution in [2.24, 2.45) is 0 Å². The second kappa shape index (κ2) is 14.2. The Balaban J connectivity index is 0.000000216. The summed E-state index contributed by atoms with van der Waals surface area (Å²) in [5, 5.41) is 7.16. The van der Waals surface area contributed by atoms with Crippen molar-refractivity contribution in [1.29, 1.82) is 0 Å². The number of rotatable bonds is 12. The number of pyridine rings is 1. The van der Waals surface area contributed by atoms with Crippen molar-refractivity contribution in [3.8, 4) is 0 Å². The van der Waals surface area contributed by atoms with Crippen molar-refractivity contribution in [3.63, 3.8) is 0 Å². The molecule has 5 heteroatoms. The van der Waals surface area contributed by atoms with E-state index in [4.69, 9.17) is 0 Å². The van der Waals surface area contributed by atoms with Crippen LogP contribution >= 0.6 is 0 Å². The topological polar surface area (TPSA) is 65.6 Å². The first-order chi connectivity index (χ1) is 17.0. The van der Waals surface area contributed by atoms with Crippen LogP contribution in [0.15, 0.2) is 55.3 Å². The maximum absolute atomic E-state index is 4.61. The minimum atomic E-state index is 0.302. The fourth-order valence-electron chi connectivity index (χ4n) is 4.71. The predicted octanol–water partition coefficient (Wildman–Crippen LogP) is 7.03. The highest BCUT2D eigenvalue weighted by molar-refractivity contribution is 5.74. The number of H-pyrrole nitrogens is 1. The molecule has 0 fully saturated rings. The number of imidazole rings is 1. The van der Waals surface area contributed by atoms with Gasteiger partial charge in [-0.2, -0.15) is 0 Å². The van der Waals surface area contributed by atoms with Gasteiger partial charge in [-0.25, -0.2) is 4.98 Å². The Morgan fingerprint density at radius 3 is 2.80 bits per heavy atom. The second-order valence-corrected chi connectivity index (χ2v) is 10.3. The number of hydrogen-bond donors (Lipinski definition) is 3. The third-order valence-electron chi connectivity index (χ3n) is 6.76. The lowest BCUT2D eigenvalue weighted by atomic mass is 9.92. The molecule has 2 aromatic heterocycles. The van der Waals surface area contributed by atoms with Crippen LogP contribution in [0.25, 0.3) is 11.0 Å². The largest absolute Gasteiger partial charge is 0.341 e. The molecule has 2 heterocycles. The van der Waals surface area contributed by atoms with E-state index in [0.29, 0.717) is 11.6 Å². The molecule has 0 saturated carbocycles. The summed E-state index contributed by atoms with van der Waals surface area (Å²) in [5.41, 5.74) is 5.01. The minimum Gasteiger partial charge on any atom is -0.341 e. The number of benzene rings is 1. The van der Waals surface area contributed by atoms with E-state index in [0.717, 1.165) is 49.2 Å². The van der Waals surface area contributed by atoms with Crippen molar-refractivity contribution < 1.29 is 0 Å². The molecular weight excluding hydrogens is 430 g/mol. The summed E-state index contributed by atoms with van der Waals surface area (Å²) in [6.45, 7) is 12.4. The third kappa shape index (κ3) is 8.90. The lowest BCUT2D eigenvalue weighted by Gasteiger charge is -2.26. The van der Waals surface area contributed by atoms with Crippen LogP contribution in [0.1, 0.15) is 95.3 Å². The third-order valence-corrected chi connectivity index (χ3v) is 6.76. The van der Waals surface area contributed by atoms with Crippen LogP contribution < -0.4 is 10.6 Å². The van der Waals surface area contributed by atoms with Gasteiger partial charge >= 0.3 is 0 Å². The number of aromatic nitrogens is 3. The van der Waals surface area contributed by atoms with Gasteiger partial charge in [0.15, 0.2) is 0 Å². The van der Waals surface area contributed by atoms with E-state index >= 15 is 0 Å². The molecule has 3 aromatic rings. The Bertz CT molecular complexity index is 989. The summed E-state index contributed by atoms with van der Waals surface area (Å²) in [6, 6.07) is 12.7.